The van der Waals surface area contributed by atoms with Gasteiger partial charge in [0.2, 0.25) is 0 Å². The summed E-state index contributed by atoms with van der Waals surface area (Å²) in [6.45, 7) is 5.70. The molecule has 0 saturated carbocycles. The van der Waals surface area contributed by atoms with Gasteiger partial charge in [-0.1, -0.05) is 6.58 Å². The van der Waals surface area contributed by atoms with Crippen LogP contribution in [0.25, 0.3) is 0 Å². The van der Waals surface area contributed by atoms with Gasteiger partial charge < -0.3 is 9.84 Å². The summed E-state index contributed by atoms with van der Waals surface area (Å²) in [7, 11) is 3.80. The minimum atomic E-state index is -0.957. The van der Waals surface area contributed by atoms with Crippen molar-refractivity contribution in [3.05, 3.63) is 12.2 Å². The Labute approximate surface area is 78.8 Å². The average Bonchev–Trinajstić information content (AvgIpc) is 2.03. The minimum absolute atomic E-state index is 0.00148. The molecule has 1 unspecified atom stereocenters. The van der Waals surface area contributed by atoms with Crippen LogP contribution in [-0.2, 0) is 9.53 Å². The lowest BCUT2D eigenvalue weighted by atomic mass is 10.2. The minimum Gasteiger partial charge on any atom is -0.478 e. The van der Waals surface area contributed by atoms with E-state index >= 15 is 0 Å². The van der Waals surface area contributed by atoms with E-state index in [4.69, 9.17) is 9.84 Å². The molecule has 0 rings (SSSR count). The van der Waals surface area contributed by atoms with Gasteiger partial charge in [0, 0.05) is 12.0 Å². The molecule has 0 aliphatic heterocycles. The van der Waals surface area contributed by atoms with Crippen LogP contribution < -0.4 is 0 Å². The van der Waals surface area contributed by atoms with E-state index < -0.39 is 5.97 Å². The molecular weight excluding hydrogens is 170 g/mol. The number of carboxylic acid groups (broad SMARTS) is 1. The van der Waals surface area contributed by atoms with Crippen LogP contribution in [0.15, 0.2) is 12.2 Å². The van der Waals surface area contributed by atoms with Gasteiger partial charge in [-0.15, -0.1) is 0 Å². The van der Waals surface area contributed by atoms with E-state index in [1.54, 1.807) is 0 Å². The van der Waals surface area contributed by atoms with E-state index in [0.29, 0.717) is 13.0 Å². The van der Waals surface area contributed by atoms with Crippen molar-refractivity contribution in [2.45, 2.75) is 19.6 Å². The number of carboxylic acids is 1. The van der Waals surface area contributed by atoms with Gasteiger partial charge in [-0.05, 0) is 21.0 Å². The van der Waals surface area contributed by atoms with Crippen molar-refractivity contribution in [2.75, 3.05) is 20.7 Å². The third kappa shape index (κ3) is 5.38. The summed E-state index contributed by atoms with van der Waals surface area (Å²) in [6.07, 6.45) is 0.370. The standard InChI is InChI=1S/C9H17NO3/c1-7(9(11)12)5-6-13-8(2)10(3)4/h8H,1,5-6H2,2-4H3,(H,11,12). The number of rotatable bonds is 6. The van der Waals surface area contributed by atoms with Crippen LogP contribution in [0.2, 0.25) is 0 Å². The Kier molecular flexibility index (Phi) is 5.34. The predicted molar refractivity (Wildman–Crippen MR) is 50.5 cm³/mol. The largest absolute Gasteiger partial charge is 0.478 e. The van der Waals surface area contributed by atoms with Gasteiger partial charge in [-0.3, -0.25) is 4.90 Å². The molecule has 0 aliphatic carbocycles. The van der Waals surface area contributed by atoms with Crippen LogP contribution in [0.1, 0.15) is 13.3 Å². The van der Waals surface area contributed by atoms with E-state index in [1.807, 2.05) is 25.9 Å². The monoisotopic (exact) mass is 187 g/mol. The number of aliphatic carboxylic acids is 1. The number of hydrogen-bond donors (Lipinski definition) is 1. The van der Waals surface area contributed by atoms with E-state index in [2.05, 4.69) is 6.58 Å². The van der Waals surface area contributed by atoms with Crippen molar-refractivity contribution in [3.63, 3.8) is 0 Å². The fourth-order valence-corrected chi connectivity index (χ4v) is 0.609. The molecule has 0 aromatic rings. The van der Waals surface area contributed by atoms with Crippen LogP contribution >= 0.6 is 0 Å². The fourth-order valence-electron chi connectivity index (χ4n) is 0.609. The first kappa shape index (κ1) is 12.1. The Morgan fingerprint density at radius 1 is 1.62 bits per heavy atom. The number of hydrogen-bond acceptors (Lipinski definition) is 3. The summed E-state index contributed by atoms with van der Waals surface area (Å²) >= 11 is 0. The van der Waals surface area contributed by atoms with Gasteiger partial charge in [0.05, 0.1) is 6.61 Å². The van der Waals surface area contributed by atoms with Crippen molar-refractivity contribution in [2.24, 2.45) is 0 Å². The quantitative estimate of drug-likeness (QED) is 0.496. The topological polar surface area (TPSA) is 49.8 Å². The molecule has 0 heterocycles. The van der Waals surface area contributed by atoms with E-state index in [-0.39, 0.29) is 11.8 Å². The van der Waals surface area contributed by atoms with Crippen LogP contribution in [0, 0.1) is 0 Å². The Bertz CT molecular complexity index is 189. The lowest BCUT2D eigenvalue weighted by Crippen LogP contribution is -2.28. The molecule has 0 spiro atoms. The van der Waals surface area contributed by atoms with Gasteiger partial charge >= 0.3 is 5.97 Å². The highest BCUT2D eigenvalue weighted by Gasteiger charge is 2.06. The molecule has 0 aromatic heterocycles. The van der Waals surface area contributed by atoms with Crippen molar-refractivity contribution >= 4 is 5.97 Å². The number of carbonyl (C=O) groups is 1. The van der Waals surface area contributed by atoms with Crippen LogP contribution in [0.3, 0.4) is 0 Å². The second-order valence-corrected chi connectivity index (χ2v) is 3.09. The van der Waals surface area contributed by atoms with Gasteiger partial charge in [0.25, 0.3) is 0 Å². The van der Waals surface area contributed by atoms with Crippen molar-refractivity contribution in [3.8, 4) is 0 Å². The van der Waals surface area contributed by atoms with Crippen LogP contribution in [-0.4, -0.2) is 42.9 Å². The van der Waals surface area contributed by atoms with Crippen LogP contribution in [0.4, 0.5) is 0 Å². The first-order valence-corrected chi connectivity index (χ1v) is 4.14. The summed E-state index contributed by atoms with van der Waals surface area (Å²) in [5.41, 5.74) is 0.186. The molecule has 1 N–H and O–H groups in total. The second-order valence-electron chi connectivity index (χ2n) is 3.09. The SMILES string of the molecule is C=C(CCOC(C)N(C)C)C(=O)O. The van der Waals surface area contributed by atoms with E-state index in [9.17, 15) is 4.79 Å². The molecule has 13 heavy (non-hydrogen) atoms. The van der Waals surface area contributed by atoms with Gasteiger partial charge in [0.1, 0.15) is 6.23 Å². The van der Waals surface area contributed by atoms with Crippen molar-refractivity contribution < 1.29 is 14.6 Å². The Morgan fingerprint density at radius 3 is 2.54 bits per heavy atom. The Morgan fingerprint density at radius 2 is 2.15 bits per heavy atom. The van der Waals surface area contributed by atoms with Crippen LogP contribution in [0.5, 0.6) is 0 Å². The molecule has 0 radical (unpaired) electrons. The maximum absolute atomic E-state index is 10.3. The number of ether oxygens (including phenoxy) is 1. The first-order valence-electron chi connectivity index (χ1n) is 4.14. The molecule has 76 valence electrons. The zero-order chi connectivity index (χ0) is 10.4. The first-order chi connectivity index (χ1) is 5.95. The highest BCUT2D eigenvalue weighted by Crippen LogP contribution is 2.01. The van der Waals surface area contributed by atoms with Gasteiger partial charge in [-0.2, -0.15) is 0 Å². The zero-order valence-electron chi connectivity index (χ0n) is 8.41. The lowest BCUT2D eigenvalue weighted by Gasteiger charge is -2.19. The predicted octanol–water partition coefficient (Wildman–Crippen LogP) is 0.942. The van der Waals surface area contributed by atoms with Crippen molar-refractivity contribution in [1.29, 1.82) is 0 Å². The zero-order valence-corrected chi connectivity index (χ0v) is 8.41. The van der Waals surface area contributed by atoms with E-state index in [1.165, 1.54) is 0 Å². The molecule has 0 aromatic carbocycles. The highest BCUT2D eigenvalue weighted by molar-refractivity contribution is 5.85. The third-order valence-corrected chi connectivity index (χ3v) is 1.79. The smallest absolute Gasteiger partial charge is 0.331 e. The van der Waals surface area contributed by atoms with E-state index in [0.717, 1.165) is 0 Å². The van der Waals surface area contributed by atoms with Crippen molar-refractivity contribution in [1.82, 2.24) is 4.90 Å². The maximum Gasteiger partial charge on any atom is 0.331 e. The highest BCUT2D eigenvalue weighted by atomic mass is 16.5. The molecule has 0 bridgehead atoms. The Hall–Kier alpha value is -0.870. The number of nitrogens with zero attached hydrogens (tertiary/aromatic N) is 1. The summed E-state index contributed by atoms with van der Waals surface area (Å²) in [4.78, 5) is 12.2. The fraction of sp³-hybridized carbons (Fsp3) is 0.667. The summed E-state index contributed by atoms with van der Waals surface area (Å²) in [5, 5.41) is 8.49. The second kappa shape index (κ2) is 5.72. The molecule has 4 nitrogen and oxygen atoms in total. The lowest BCUT2D eigenvalue weighted by molar-refractivity contribution is -0.133. The molecule has 0 saturated heterocycles. The summed E-state index contributed by atoms with van der Waals surface area (Å²) < 4.78 is 5.33. The normalized spacial score (nSPS) is 12.9. The maximum atomic E-state index is 10.3. The molecule has 1 atom stereocenters. The molecule has 0 amide bonds. The third-order valence-electron chi connectivity index (χ3n) is 1.79. The Balaban J connectivity index is 3.56. The molecule has 0 aliphatic rings. The summed E-state index contributed by atoms with van der Waals surface area (Å²) in [5.74, 6) is -0.957. The molecule has 4 heteroatoms. The molecule has 0 fully saturated rings. The average molecular weight is 187 g/mol. The van der Waals surface area contributed by atoms with Gasteiger partial charge in [0.15, 0.2) is 0 Å². The van der Waals surface area contributed by atoms with Gasteiger partial charge in [-0.25, -0.2) is 4.79 Å². The molecular formula is C9H17NO3. The summed E-state index contributed by atoms with van der Waals surface area (Å²) in [6, 6.07) is 0.